The molecule has 3 aromatic carbocycles. The van der Waals surface area contributed by atoms with E-state index in [0.717, 1.165) is 6.42 Å². The van der Waals surface area contributed by atoms with E-state index in [1.165, 1.54) is 18.2 Å². The van der Waals surface area contributed by atoms with Crippen molar-refractivity contribution in [2.24, 2.45) is 0 Å². The standard InChI is InChI=1S/C23H22N4O4S/c28-22-10-5-15-27(22)20-11-13-21(14-12-20)32(30,31)26-19-9-4-8-18(16-19)25-23(29)24-17-6-2-1-3-7-17/h1-4,6-9,11-14,16,26H,5,10,15H2,(H2,24,25,29). The Morgan fingerprint density at radius 2 is 1.47 bits per heavy atom. The van der Waals surface area contributed by atoms with Crippen molar-refractivity contribution in [3.8, 4) is 0 Å². The Morgan fingerprint density at radius 3 is 2.16 bits per heavy atom. The maximum atomic E-state index is 12.8. The predicted octanol–water partition coefficient (Wildman–Crippen LogP) is 4.26. The smallest absolute Gasteiger partial charge is 0.312 e. The summed E-state index contributed by atoms with van der Waals surface area (Å²) >= 11 is 0. The predicted molar refractivity (Wildman–Crippen MR) is 124 cm³/mol. The first-order chi connectivity index (χ1) is 15.4. The number of rotatable bonds is 6. The number of para-hydroxylation sites is 1. The van der Waals surface area contributed by atoms with Crippen molar-refractivity contribution >= 4 is 44.7 Å². The Kier molecular flexibility index (Phi) is 6.09. The summed E-state index contributed by atoms with van der Waals surface area (Å²) in [4.78, 5) is 25.8. The number of nitrogens with one attached hydrogen (secondary N) is 3. The summed E-state index contributed by atoms with van der Waals surface area (Å²) in [7, 11) is -3.84. The molecule has 0 atom stereocenters. The van der Waals surface area contributed by atoms with Crippen LogP contribution >= 0.6 is 0 Å². The summed E-state index contributed by atoms with van der Waals surface area (Å²) < 4.78 is 28.1. The van der Waals surface area contributed by atoms with Gasteiger partial charge in [0.15, 0.2) is 0 Å². The van der Waals surface area contributed by atoms with Crippen LogP contribution in [-0.2, 0) is 14.8 Å². The van der Waals surface area contributed by atoms with Crippen molar-refractivity contribution in [3.63, 3.8) is 0 Å². The van der Waals surface area contributed by atoms with Crippen LogP contribution in [0.3, 0.4) is 0 Å². The molecule has 1 saturated heterocycles. The van der Waals surface area contributed by atoms with Crippen LogP contribution in [0.15, 0.2) is 83.8 Å². The Hall–Kier alpha value is -3.85. The lowest BCUT2D eigenvalue weighted by molar-refractivity contribution is -0.117. The van der Waals surface area contributed by atoms with E-state index >= 15 is 0 Å². The van der Waals surface area contributed by atoms with Gasteiger partial charge in [0.25, 0.3) is 10.0 Å². The number of anilines is 4. The summed E-state index contributed by atoms with van der Waals surface area (Å²) in [5, 5.41) is 5.38. The molecular formula is C23H22N4O4S. The molecule has 0 unspecified atom stereocenters. The molecule has 3 aromatic rings. The molecular weight excluding hydrogens is 428 g/mol. The van der Waals surface area contributed by atoms with E-state index in [1.807, 2.05) is 6.07 Å². The van der Waals surface area contributed by atoms with Gasteiger partial charge in [0.05, 0.1) is 10.6 Å². The minimum absolute atomic E-state index is 0.0411. The van der Waals surface area contributed by atoms with E-state index in [4.69, 9.17) is 0 Å². The summed E-state index contributed by atoms with van der Waals surface area (Å²) in [6.45, 7) is 0.640. The normalized spacial score (nSPS) is 13.6. The first-order valence-electron chi connectivity index (χ1n) is 10.1. The maximum Gasteiger partial charge on any atom is 0.323 e. The summed E-state index contributed by atoms with van der Waals surface area (Å²) in [5.74, 6) is 0.0411. The van der Waals surface area contributed by atoms with E-state index in [1.54, 1.807) is 59.5 Å². The number of carbonyl (C=O) groups is 2. The Bertz CT molecular complexity index is 1230. The fourth-order valence-electron chi connectivity index (χ4n) is 3.42. The van der Waals surface area contributed by atoms with Crippen LogP contribution in [0, 0.1) is 0 Å². The number of benzene rings is 3. The molecule has 0 radical (unpaired) electrons. The van der Waals surface area contributed by atoms with Crippen molar-refractivity contribution < 1.29 is 18.0 Å². The number of nitrogens with zero attached hydrogens (tertiary/aromatic N) is 1. The third kappa shape index (κ3) is 5.06. The van der Waals surface area contributed by atoms with E-state index in [-0.39, 0.29) is 10.8 Å². The lowest BCUT2D eigenvalue weighted by atomic mass is 10.3. The molecule has 0 aliphatic carbocycles. The van der Waals surface area contributed by atoms with Crippen LogP contribution in [0.4, 0.5) is 27.5 Å². The molecule has 0 aromatic heterocycles. The molecule has 8 nitrogen and oxygen atoms in total. The molecule has 0 bridgehead atoms. The fraction of sp³-hybridized carbons (Fsp3) is 0.130. The highest BCUT2D eigenvalue weighted by Crippen LogP contribution is 2.25. The SMILES string of the molecule is O=C(Nc1ccccc1)Nc1cccc(NS(=O)(=O)c2ccc(N3CCCC3=O)cc2)c1. The summed E-state index contributed by atoms with van der Waals surface area (Å²) in [5.41, 5.74) is 2.06. The van der Waals surface area contributed by atoms with Gasteiger partial charge in [-0.3, -0.25) is 9.52 Å². The average molecular weight is 451 g/mol. The first-order valence-corrected chi connectivity index (χ1v) is 11.6. The zero-order valence-corrected chi connectivity index (χ0v) is 17.9. The summed E-state index contributed by atoms with van der Waals surface area (Å²) in [6, 6.07) is 21.1. The number of hydrogen-bond acceptors (Lipinski definition) is 4. The molecule has 164 valence electrons. The van der Waals surface area contributed by atoms with Crippen molar-refractivity contribution in [2.45, 2.75) is 17.7 Å². The minimum Gasteiger partial charge on any atom is -0.312 e. The van der Waals surface area contributed by atoms with Gasteiger partial charge in [-0.2, -0.15) is 0 Å². The molecule has 3 amide bonds. The van der Waals surface area contributed by atoms with Crippen LogP contribution < -0.4 is 20.3 Å². The molecule has 4 rings (SSSR count). The van der Waals surface area contributed by atoms with Crippen molar-refractivity contribution in [2.75, 3.05) is 26.8 Å². The summed E-state index contributed by atoms with van der Waals surface area (Å²) in [6.07, 6.45) is 1.31. The third-order valence-electron chi connectivity index (χ3n) is 4.94. The van der Waals surface area contributed by atoms with Gasteiger partial charge in [-0.05, 0) is 61.0 Å². The quantitative estimate of drug-likeness (QED) is 0.522. The number of hydrogen-bond donors (Lipinski definition) is 3. The molecule has 1 heterocycles. The lowest BCUT2D eigenvalue weighted by Crippen LogP contribution is -2.23. The van der Waals surface area contributed by atoms with Crippen molar-refractivity contribution in [1.82, 2.24) is 0 Å². The highest BCUT2D eigenvalue weighted by Gasteiger charge is 2.22. The van der Waals surface area contributed by atoms with Crippen LogP contribution in [0.1, 0.15) is 12.8 Å². The second-order valence-electron chi connectivity index (χ2n) is 7.27. The second-order valence-corrected chi connectivity index (χ2v) is 8.96. The van der Waals surface area contributed by atoms with Crippen LogP contribution in [0.5, 0.6) is 0 Å². The topological polar surface area (TPSA) is 108 Å². The van der Waals surface area contributed by atoms with Gasteiger partial charge < -0.3 is 15.5 Å². The largest absolute Gasteiger partial charge is 0.323 e. The average Bonchev–Trinajstić information content (AvgIpc) is 3.20. The highest BCUT2D eigenvalue weighted by molar-refractivity contribution is 7.92. The zero-order valence-electron chi connectivity index (χ0n) is 17.1. The Morgan fingerprint density at radius 1 is 0.812 bits per heavy atom. The molecule has 1 fully saturated rings. The van der Waals surface area contributed by atoms with Crippen LogP contribution in [0.25, 0.3) is 0 Å². The van der Waals surface area contributed by atoms with Gasteiger partial charge in [-0.15, -0.1) is 0 Å². The van der Waals surface area contributed by atoms with E-state index < -0.39 is 16.1 Å². The van der Waals surface area contributed by atoms with Gasteiger partial charge in [0.1, 0.15) is 0 Å². The van der Waals surface area contributed by atoms with Gasteiger partial charge in [0, 0.05) is 30.0 Å². The fourth-order valence-corrected chi connectivity index (χ4v) is 4.47. The Balaban J connectivity index is 1.43. The lowest BCUT2D eigenvalue weighted by Gasteiger charge is -2.16. The van der Waals surface area contributed by atoms with Crippen molar-refractivity contribution in [3.05, 3.63) is 78.9 Å². The number of carbonyl (C=O) groups excluding carboxylic acids is 2. The van der Waals surface area contributed by atoms with E-state index in [0.29, 0.717) is 35.7 Å². The molecule has 0 spiro atoms. The second kappa shape index (κ2) is 9.11. The Labute approximate surface area is 186 Å². The molecule has 3 N–H and O–H groups in total. The van der Waals surface area contributed by atoms with Gasteiger partial charge in [0.2, 0.25) is 5.91 Å². The molecule has 32 heavy (non-hydrogen) atoms. The number of urea groups is 1. The number of amides is 3. The van der Waals surface area contributed by atoms with Crippen LogP contribution in [0.2, 0.25) is 0 Å². The number of sulfonamides is 1. The zero-order chi connectivity index (χ0) is 22.6. The first kappa shape index (κ1) is 21.4. The molecule has 9 heteroatoms. The van der Waals surface area contributed by atoms with Gasteiger partial charge >= 0.3 is 6.03 Å². The minimum atomic E-state index is -3.84. The third-order valence-corrected chi connectivity index (χ3v) is 6.33. The van der Waals surface area contributed by atoms with E-state index in [2.05, 4.69) is 15.4 Å². The monoisotopic (exact) mass is 450 g/mol. The van der Waals surface area contributed by atoms with E-state index in [9.17, 15) is 18.0 Å². The highest BCUT2D eigenvalue weighted by atomic mass is 32.2. The van der Waals surface area contributed by atoms with Crippen molar-refractivity contribution in [1.29, 1.82) is 0 Å². The molecule has 1 aliphatic rings. The maximum absolute atomic E-state index is 12.8. The van der Waals surface area contributed by atoms with Crippen LogP contribution in [-0.4, -0.2) is 26.9 Å². The molecule has 0 saturated carbocycles. The molecule has 1 aliphatic heterocycles. The van der Waals surface area contributed by atoms with Gasteiger partial charge in [-0.25, -0.2) is 13.2 Å². The van der Waals surface area contributed by atoms with Gasteiger partial charge in [-0.1, -0.05) is 24.3 Å².